The number of hydrogen-bond acceptors (Lipinski definition) is 5. The normalized spacial score (nSPS) is 17.1. The SMILES string of the molecule is CN=C(NCCS(=O)Cc1ccccc1)N1CCN(Cc2ccon2)CC1. The molecule has 1 aromatic carbocycles. The maximum atomic E-state index is 12.3. The van der Waals surface area contributed by atoms with Gasteiger partial charge in [-0.15, -0.1) is 0 Å². The summed E-state index contributed by atoms with van der Waals surface area (Å²) in [6, 6.07) is 11.9. The molecule has 1 aromatic heterocycles. The molecule has 3 rings (SSSR count). The van der Waals surface area contributed by atoms with Gasteiger partial charge in [0, 0.05) is 74.7 Å². The van der Waals surface area contributed by atoms with Gasteiger partial charge in [0.05, 0.1) is 5.69 Å². The van der Waals surface area contributed by atoms with Gasteiger partial charge in [-0.25, -0.2) is 0 Å². The monoisotopic (exact) mass is 389 g/mol. The highest BCUT2D eigenvalue weighted by atomic mass is 32.2. The van der Waals surface area contributed by atoms with Crippen LogP contribution in [0.3, 0.4) is 0 Å². The number of nitrogens with one attached hydrogen (secondary N) is 1. The molecule has 1 N–H and O–H groups in total. The van der Waals surface area contributed by atoms with Crippen LogP contribution in [0.25, 0.3) is 0 Å². The molecular formula is C19H27N5O2S. The second-order valence-corrected chi connectivity index (χ2v) is 8.08. The summed E-state index contributed by atoms with van der Waals surface area (Å²) in [5.41, 5.74) is 2.08. The molecule has 1 aliphatic heterocycles. The summed E-state index contributed by atoms with van der Waals surface area (Å²) in [4.78, 5) is 8.99. The van der Waals surface area contributed by atoms with Crippen molar-refractivity contribution in [3.8, 4) is 0 Å². The summed E-state index contributed by atoms with van der Waals surface area (Å²) in [7, 11) is 0.918. The van der Waals surface area contributed by atoms with E-state index < -0.39 is 10.8 Å². The van der Waals surface area contributed by atoms with Crippen LogP contribution in [-0.2, 0) is 23.1 Å². The fraction of sp³-hybridized carbons (Fsp3) is 0.474. The zero-order chi connectivity index (χ0) is 18.9. The van der Waals surface area contributed by atoms with Crippen molar-refractivity contribution >= 4 is 16.8 Å². The number of aliphatic imine (C=N–C) groups is 1. The predicted molar refractivity (Wildman–Crippen MR) is 108 cm³/mol. The van der Waals surface area contributed by atoms with E-state index in [2.05, 4.69) is 25.3 Å². The maximum absolute atomic E-state index is 12.3. The number of guanidine groups is 1. The maximum Gasteiger partial charge on any atom is 0.193 e. The van der Waals surface area contributed by atoms with Gasteiger partial charge < -0.3 is 14.7 Å². The Bertz CT molecular complexity index is 728. The van der Waals surface area contributed by atoms with Crippen LogP contribution in [0.4, 0.5) is 0 Å². The van der Waals surface area contributed by atoms with Gasteiger partial charge in [-0.05, 0) is 5.56 Å². The molecule has 0 aliphatic carbocycles. The topological polar surface area (TPSA) is 74.0 Å². The first kappa shape index (κ1) is 19.6. The van der Waals surface area contributed by atoms with E-state index in [4.69, 9.17) is 4.52 Å². The summed E-state index contributed by atoms with van der Waals surface area (Å²) in [5, 5.41) is 7.33. The Morgan fingerprint density at radius 2 is 2.00 bits per heavy atom. The average Bonchev–Trinajstić information content (AvgIpc) is 3.20. The minimum Gasteiger partial charge on any atom is -0.364 e. The number of piperazine rings is 1. The molecular weight excluding hydrogens is 362 g/mol. The first-order valence-corrected chi connectivity index (χ1v) is 10.7. The van der Waals surface area contributed by atoms with Gasteiger partial charge >= 0.3 is 0 Å². The van der Waals surface area contributed by atoms with Gasteiger partial charge in [0.15, 0.2) is 5.96 Å². The lowest BCUT2D eigenvalue weighted by molar-refractivity contribution is 0.169. The highest BCUT2D eigenvalue weighted by Crippen LogP contribution is 2.07. The van der Waals surface area contributed by atoms with Gasteiger partial charge in [0.2, 0.25) is 0 Å². The molecule has 7 nitrogen and oxygen atoms in total. The van der Waals surface area contributed by atoms with Crippen LogP contribution in [0.1, 0.15) is 11.3 Å². The zero-order valence-electron chi connectivity index (χ0n) is 15.7. The fourth-order valence-electron chi connectivity index (χ4n) is 3.11. The Morgan fingerprint density at radius 1 is 1.22 bits per heavy atom. The summed E-state index contributed by atoms with van der Waals surface area (Å²) in [6.07, 6.45) is 1.61. The molecule has 1 saturated heterocycles. The molecule has 2 heterocycles. The van der Waals surface area contributed by atoms with E-state index in [1.807, 2.05) is 36.4 Å². The Labute approximate surface area is 162 Å². The van der Waals surface area contributed by atoms with Crippen LogP contribution in [0, 0.1) is 0 Å². The number of rotatable bonds is 7. The third kappa shape index (κ3) is 6.18. The number of benzene rings is 1. The van der Waals surface area contributed by atoms with Crippen LogP contribution in [-0.4, -0.2) is 70.6 Å². The minimum atomic E-state index is -0.879. The number of hydrogen-bond donors (Lipinski definition) is 1. The molecule has 0 amide bonds. The predicted octanol–water partition coefficient (Wildman–Crippen LogP) is 1.32. The summed E-state index contributed by atoms with van der Waals surface area (Å²) in [6.45, 7) is 5.19. The van der Waals surface area contributed by atoms with Crippen molar-refractivity contribution in [3.05, 3.63) is 53.9 Å². The number of aromatic nitrogens is 1. The molecule has 1 atom stereocenters. The standard InChI is InChI=1S/C19H27N5O2S/c1-20-19(21-8-14-27(25)16-17-5-3-2-4-6-17)24-11-9-23(10-12-24)15-18-7-13-26-22-18/h2-7,13H,8-12,14-16H2,1H3,(H,20,21). The fourth-order valence-corrected chi connectivity index (χ4v) is 4.15. The molecule has 27 heavy (non-hydrogen) atoms. The zero-order valence-corrected chi connectivity index (χ0v) is 16.5. The van der Waals surface area contributed by atoms with E-state index in [0.29, 0.717) is 18.1 Å². The van der Waals surface area contributed by atoms with Crippen molar-refractivity contribution in [2.75, 3.05) is 45.5 Å². The lowest BCUT2D eigenvalue weighted by atomic mass is 10.2. The second kappa shape index (κ2) is 10.2. The number of nitrogens with zero attached hydrogens (tertiary/aromatic N) is 4. The lowest BCUT2D eigenvalue weighted by Gasteiger charge is -2.36. The molecule has 8 heteroatoms. The highest BCUT2D eigenvalue weighted by molar-refractivity contribution is 7.84. The largest absolute Gasteiger partial charge is 0.364 e. The Balaban J connectivity index is 1.37. The van der Waals surface area contributed by atoms with E-state index in [1.54, 1.807) is 13.3 Å². The van der Waals surface area contributed by atoms with Crippen molar-refractivity contribution in [2.24, 2.45) is 4.99 Å². The van der Waals surface area contributed by atoms with Crippen molar-refractivity contribution in [2.45, 2.75) is 12.3 Å². The van der Waals surface area contributed by atoms with Crippen molar-refractivity contribution in [1.29, 1.82) is 0 Å². The van der Waals surface area contributed by atoms with Crippen LogP contribution in [0.15, 0.2) is 52.2 Å². The molecule has 1 fully saturated rings. The molecule has 0 bridgehead atoms. The average molecular weight is 390 g/mol. The van der Waals surface area contributed by atoms with Gasteiger partial charge in [-0.2, -0.15) is 0 Å². The van der Waals surface area contributed by atoms with E-state index in [-0.39, 0.29) is 0 Å². The Hall–Kier alpha value is -2.19. The van der Waals surface area contributed by atoms with E-state index >= 15 is 0 Å². The van der Waals surface area contributed by atoms with Crippen molar-refractivity contribution < 1.29 is 8.73 Å². The van der Waals surface area contributed by atoms with Gasteiger partial charge in [-0.3, -0.25) is 14.1 Å². The molecule has 2 aromatic rings. The van der Waals surface area contributed by atoms with Crippen LogP contribution >= 0.6 is 0 Å². The van der Waals surface area contributed by atoms with E-state index in [0.717, 1.165) is 49.9 Å². The van der Waals surface area contributed by atoms with Crippen LogP contribution < -0.4 is 5.32 Å². The quantitative estimate of drug-likeness (QED) is 0.569. The molecule has 0 saturated carbocycles. The van der Waals surface area contributed by atoms with Gasteiger partial charge in [0.25, 0.3) is 0 Å². The van der Waals surface area contributed by atoms with E-state index in [1.165, 1.54) is 0 Å². The first-order valence-electron chi connectivity index (χ1n) is 9.20. The second-order valence-electron chi connectivity index (χ2n) is 6.50. The third-order valence-corrected chi connectivity index (χ3v) is 5.86. The molecule has 0 spiro atoms. The van der Waals surface area contributed by atoms with E-state index in [9.17, 15) is 4.21 Å². The Morgan fingerprint density at radius 3 is 2.67 bits per heavy atom. The van der Waals surface area contributed by atoms with Crippen LogP contribution in [0.2, 0.25) is 0 Å². The molecule has 1 unspecified atom stereocenters. The van der Waals surface area contributed by atoms with Crippen LogP contribution in [0.5, 0.6) is 0 Å². The molecule has 0 radical (unpaired) electrons. The third-order valence-electron chi connectivity index (χ3n) is 4.54. The Kier molecular flexibility index (Phi) is 7.41. The van der Waals surface area contributed by atoms with Crippen molar-refractivity contribution in [1.82, 2.24) is 20.3 Å². The van der Waals surface area contributed by atoms with Gasteiger partial charge in [0.1, 0.15) is 6.26 Å². The molecule has 1 aliphatic rings. The molecule has 146 valence electrons. The first-order chi connectivity index (χ1) is 13.2. The summed E-state index contributed by atoms with van der Waals surface area (Å²) < 4.78 is 17.1. The van der Waals surface area contributed by atoms with Gasteiger partial charge in [-0.1, -0.05) is 35.5 Å². The lowest BCUT2D eigenvalue weighted by Crippen LogP contribution is -2.52. The smallest absolute Gasteiger partial charge is 0.193 e. The van der Waals surface area contributed by atoms with Crippen molar-refractivity contribution in [3.63, 3.8) is 0 Å². The summed E-state index contributed by atoms with van der Waals surface area (Å²) in [5.74, 6) is 2.09. The minimum absolute atomic E-state index is 0.599. The summed E-state index contributed by atoms with van der Waals surface area (Å²) >= 11 is 0. The highest BCUT2D eigenvalue weighted by Gasteiger charge is 2.20.